The number of nitrogens with one attached hydrogen (secondary N) is 1. The Morgan fingerprint density at radius 2 is 2.12 bits per heavy atom. The Hall–Kier alpha value is -1.84. The van der Waals surface area contributed by atoms with Crippen LogP contribution in [0.2, 0.25) is 0 Å². The Balaban J connectivity index is 2.42. The molecule has 0 amide bonds. The van der Waals surface area contributed by atoms with Crippen LogP contribution in [0.4, 0.5) is 11.5 Å². The standard InChI is InChI=1S/C12H16N4/c1-8(2)6-14-12-9-4-3-5-10(13)11(9)15-7-16-12/h3-5,7-8H,6,13H2,1-2H3,(H,14,15,16). The fraction of sp³-hybridized carbons (Fsp3) is 0.333. The van der Waals surface area contributed by atoms with E-state index in [2.05, 4.69) is 29.1 Å². The molecule has 3 N–H and O–H groups in total. The van der Waals surface area contributed by atoms with Crippen LogP contribution < -0.4 is 11.1 Å². The van der Waals surface area contributed by atoms with E-state index >= 15 is 0 Å². The lowest BCUT2D eigenvalue weighted by atomic mass is 10.2. The van der Waals surface area contributed by atoms with E-state index in [0.29, 0.717) is 11.6 Å². The summed E-state index contributed by atoms with van der Waals surface area (Å²) in [5, 5.41) is 4.28. The Morgan fingerprint density at radius 1 is 1.31 bits per heavy atom. The molecule has 1 aromatic heterocycles. The summed E-state index contributed by atoms with van der Waals surface area (Å²) in [5.74, 6) is 1.43. The Kier molecular flexibility index (Phi) is 2.90. The van der Waals surface area contributed by atoms with Crippen LogP contribution in [0, 0.1) is 5.92 Å². The smallest absolute Gasteiger partial charge is 0.137 e. The van der Waals surface area contributed by atoms with Crippen molar-refractivity contribution in [3.8, 4) is 0 Å². The van der Waals surface area contributed by atoms with Gasteiger partial charge in [0, 0.05) is 11.9 Å². The number of nitrogens with two attached hydrogens (primary N) is 1. The first kappa shape index (κ1) is 10.7. The van der Waals surface area contributed by atoms with E-state index in [1.165, 1.54) is 0 Å². The summed E-state index contributed by atoms with van der Waals surface area (Å²) in [6.07, 6.45) is 1.54. The van der Waals surface area contributed by atoms with Gasteiger partial charge in [0.2, 0.25) is 0 Å². The second kappa shape index (κ2) is 4.35. The average Bonchev–Trinajstić information content (AvgIpc) is 2.27. The van der Waals surface area contributed by atoms with Crippen molar-refractivity contribution in [2.45, 2.75) is 13.8 Å². The Bertz CT molecular complexity index is 493. The van der Waals surface area contributed by atoms with Crippen molar-refractivity contribution in [3.05, 3.63) is 24.5 Å². The monoisotopic (exact) mass is 216 g/mol. The molecule has 4 heteroatoms. The van der Waals surface area contributed by atoms with Crippen molar-refractivity contribution in [2.75, 3.05) is 17.6 Å². The number of hydrogen-bond acceptors (Lipinski definition) is 4. The van der Waals surface area contributed by atoms with Gasteiger partial charge in [-0.3, -0.25) is 0 Å². The normalized spacial score (nSPS) is 10.9. The lowest BCUT2D eigenvalue weighted by molar-refractivity contribution is 0.687. The van der Waals surface area contributed by atoms with E-state index in [-0.39, 0.29) is 0 Å². The van der Waals surface area contributed by atoms with Crippen LogP contribution in [0.25, 0.3) is 10.9 Å². The largest absolute Gasteiger partial charge is 0.397 e. The van der Waals surface area contributed by atoms with Gasteiger partial charge in [0.05, 0.1) is 11.2 Å². The summed E-state index contributed by atoms with van der Waals surface area (Å²) in [7, 11) is 0. The van der Waals surface area contributed by atoms with Crippen LogP contribution >= 0.6 is 0 Å². The fourth-order valence-corrected chi connectivity index (χ4v) is 1.55. The molecule has 16 heavy (non-hydrogen) atoms. The molecule has 0 aliphatic rings. The quantitative estimate of drug-likeness (QED) is 0.772. The van der Waals surface area contributed by atoms with Gasteiger partial charge in [-0.1, -0.05) is 19.9 Å². The van der Waals surface area contributed by atoms with E-state index in [0.717, 1.165) is 23.3 Å². The highest BCUT2D eigenvalue weighted by atomic mass is 15.0. The zero-order chi connectivity index (χ0) is 11.5. The van der Waals surface area contributed by atoms with Crippen molar-refractivity contribution < 1.29 is 0 Å². The molecule has 0 atom stereocenters. The third kappa shape index (κ3) is 2.05. The van der Waals surface area contributed by atoms with Gasteiger partial charge in [-0.05, 0) is 18.1 Å². The maximum Gasteiger partial charge on any atom is 0.137 e. The highest BCUT2D eigenvalue weighted by Gasteiger charge is 2.05. The first-order chi connectivity index (χ1) is 7.68. The van der Waals surface area contributed by atoms with Gasteiger partial charge in [0.15, 0.2) is 0 Å². The Labute approximate surface area is 94.9 Å². The molecule has 0 spiro atoms. The van der Waals surface area contributed by atoms with Crippen LogP contribution in [0.1, 0.15) is 13.8 Å². The van der Waals surface area contributed by atoms with E-state index in [1.54, 1.807) is 6.33 Å². The average molecular weight is 216 g/mol. The van der Waals surface area contributed by atoms with Crippen LogP contribution in [0.5, 0.6) is 0 Å². The third-order valence-electron chi connectivity index (χ3n) is 2.37. The topological polar surface area (TPSA) is 63.8 Å². The van der Waals surface area contributed by atoms with Gasteiger partial charge in [0.25, 0.3) is 0 Å². The molecule has 1 aromatic carbocycles. The SMILES string of the molecule is CC(C)CNc1ncnc2c(N)cccc12. The number of aromatic nitrogens is 2. The van der Waals surface area contributed by atoms with Gasteiger partial charge in [-0.2, -0.15) is 0 Å². The first-order valence-electron chi connectivity index (χ1n) is 5.41. The summed E-state index contributed by atoms with van der Waals surface area (Å²) in [4.78, 5) is 8.43. The summed E-state index contributed by atoms with van der Waals surface area (Å²) in [5.41, 5.74) is 7.36. The van der Waals surface area contributed by atoms with Crippen molar-refractivity contribution >= 4 is 22.4 Å². The van der Waals surface area contributed by atoms with E-state index in [4.69, 9.17) is 5.73 Å². The van der Waals surface area contributed by atoms with Gasteiger partial charge in [0.1, 0.15) is 12.1 Å². The fourth-order valence-electron chi connectivity index (χ4n) is 1.55. The van der Waals surface area contributed by atoms with Crippen LogP contribution in [-0.2, 0) is 0 Å². The lowest BCUT2D eigenvalue weighted by Gasteiger charge is -2.10. The molecular weight excluding hydrogens is 200 g/mol. The van der Waals surface area contributed by atoms with Crippen LogP contribution in [-0.4, -0.2) is 16.5 Å². The molecule has 0 fully saturated rings. The van der Waals surface area contributed by atoms with Gasteiger partial charge < -0.3 is 11.1 Å². The molecule has 4 nitrogen and oxygen atoms in total. The molecule has 0 saturated heterocycles. The summed E-state index contributed by atoms with van der Waals surface area (Å²) >= 11 is 0. The molecule has 0 radical (unpaired) electrons. The molecule has 0 bridgehead atoms. The molecule has 0 aliphatic carbocycles. The number of nitrogens with zero attached hydrogens (tertiary/aromatic N) is 2. The zero-order valence-electron chi connectivity index (χ0n) is 9.57. The molecule has 1 heterocycles. The minimum absolute atomic E-state index is 0.575. The maximum atomic E-state index is 5.86. The highest BCUT2D eigenvalue weighted by Crippen LogP contribution is 2.23. The van der Waals surface area contributed by atoms with Gasteiger partial charge in [-0.15, -0.1) is 0 Å². The van der Waals surface area contributed by atoms with Crippen LogP contribution in [0.3, 0.4) is 0 Å². The number of rotatable bonds is 3. The highest BCUT2D eigenvalue weighted by molar-refractivity contribution is 5.95. The Morgan fingerprint density at radius 3 is 2.88 bits per heavy atom. The van der Waals surface area contributed by atoms with Gasteiger partial charge >= 0.3 is 0 Å². The predicted molar refractivity (Wildman–Crippen MR) is 67.3 cm³/mol. The maximum absolute atomic E-state index is 5.86. The number of benzene rings is 1. The minimum atomic E-state index is 0.575. The molecule has 0 unspecified atom stereocenters. The summed E-state index contributed by atoms with van der Waals surface area (Å²) < 4.78 is 0. The van der Waals surface area contributed by atoms with Crippen LogP contribution in [0.15, 0.2) is 24.5 Å². The second-order valence-electron chi connectivity index (χ2n) is 4.24. The first-order valence-corrected chi connectivity index (χ1v) is 5.41. The van der Waals surface area contributed by atoms with E-state index in [9.17, 15) is 0 Å². The molecular formula is C12H16N4. The predicted octanol–water partition coefficient (Wildman–Crippen LogP) is 2.28. The second-order valence-corrected chi connectivity index (χ2v) is 4.24. The number of nitrogen functional groups attached to an aromatic ring is 1. The third-order valence-corrected chi connectivity index (χ3v) is 2.37. The number of hydrogen-bond donors (Lipinski definition) is 2. The van der Waals surface area contributed by atoms with Gasteiger partial charge in [-0.25, -0.2) is 9.97 Å². The minimum Gasteiger partial charge on any atom is -0.397 e. The summed E-state index contributed by atoms with van der Waals surface area (Å²) in [6, 6.07) is 5.75. The number of para-hydroxylation sites is 1. The molecule has 2 rings (SSSR count). The zero-order valence-corrected chi connectivity index (χ0v) is 9.57. The van der Waals surface area contributed by atoms with Crippen molar-refractivity contribution in [2.24, 2.45) is 5.92 Å². The van der Waals surface area contributed by atoms with E-state index < -0.39 is 0 Å². The van der Waals surface area contributed by atoms with Crippen molar-refractivity contribution in [3.63, 3.8) is 0 Å². The lowest BCUT2D eigenvalue weighted by Crippen LogP contribution is -2.09. The molecule has 2 aromatic rings. The number of fused-ring (bicyclic) bond motifs is 1. The molecule has 0 saturated carbocycles. The summed E-state index contributed by atoms with van der Waals surface area (Å²) in [6.45, 7) is 5.20. The molecule has 0 aliphatic heterocycles. The molecule has 84 valence electrons. The van der Waals surface area contributed by atoms with E-state index in [1.807, 2.05) is 18.2 Å². The number of anilines is 2. The van der Waals surface area contributed by atoms with Crippen molar-refractivity contribution in [1.82, 2.24) is 9.97 Å². The van der Waals surface area contributed by atoms with Crippen molar-refractivity contribution in [1.29, 1.82) is 0 Å².